The molecule has 104 valence electrons. The van der Waals surface area contributed by atoms with Gasteiger partial charge in [-0.3, -0.25) is 0 Å². The minimum Gasteiger partial charge on any atom is -0.464 e. The van der Waals surface area contributed by atoms with Crippen molar-refractivity contribution in [2.75, 3.05) is 19.0 Å². The van der Waals surface area contributed by atoms with Gasteiger partial charge in [0, 0.05) is 18.0 Å². The maximum Gasteiger partial charge on any atom is 0.185 e. The molecule has 0 saturated heterocycles. The second kappa shape index (κ2) is 5.75. The first-order chi connectivity index (χ1) is 9.01. The molecule has 2 aromatic rings. The summed E-state index contributed by atoms with van der Waals surface area (Å²) < 4.78 is 5.60. The normalized spacial score (nSPS) is 12.7. The van der Waals surface area contributed by atoms with Crippen molar-refractivity contribution < 1.29 is 4.42 Å². The number of nitrogens with one attached hydrogen (secondary N) is 1. The smallest absolute Gasteiger partial charge is 0.185 e. The molecule has 2 aromatic heterocycles. The van der Waals surface area contributed by atoms with E-state index in [4.69, 9.17) is 4.42 Å². The molecule has 2 heterocycles. The van der Waals surface area contributed by atoms with Crippen molar-refractivity contribution in [2.24, 2.45) is 0 Å². The number of anilines is 1. The Balaban J connectivity index is 2.13. The van der Waals surface area contributed by atoms with Crippen LogP contribution in [0, 0.1) is 13.8 Å². The Hall–Kier alpha value is -1.33. The number of rotatable bonds is 5. The van der Waals surface area contributed by atoms with Gasteiger partial charge in [0.1, 0.15) is 11.5 Å². The van der Waals surface area contributed by atoms with Gasteiger partial charge in [0.25, 0.3) is 0 Å². The lowest BCUT2D eigenvalue weighted by molar-refractivity contribution is 0.481. The fraction of sp³-hybridized carbons (Fsp3) is 0.500. The maximum atomic E-state index is 5.60. The predicted molar refractivity (Wildman–Crippen MR) is 79.9 cm³/mol. The Kier molecular flexibility index (Phi) is 4.27. The fourth-order valence-electron chi connectivity index (χ4n) is 1.96. The van der Waals surface area contributed by atoms with Crippen LogP contribution < -0.4 is 10.2 Å². The van der Waals surface area contributed by atoms with E-state index in [0.29, 0.717) is 6.04 Å². The van der Waals surface area contributed by atoms with Crippen molar-refractivity contribution in [3.8, 4) is 0 Å². The zero-order valence-corrected chi connectivity index (χ0v) is 13.0. The van der Waals surface area contributed by atoms with Crippen molar-refractivity contribution >= 4 is 16.5 Å². The van der Waals surface area contributed by atoms with Crippen LogP contribution >= 0.6 is 11.3 Å². The number of aromatic nitrogens is 1. The van der Waals surface area contributed by atoms with Gasteiger partial charge in [-0.15, -0.1) is 11.3 Å². The van der Waals surface area contributed by atoms with Crippen LogP contribution in [-0.2, 0) is 6.54 Å². The second-order valence-electron chi connectivity index (χ2n) is 4.82. The second-order valence-corrected chi connectivity index (χ2v) is 5.83. The van der Waals surface area contributed by atoms with E-state index in [1.807, 2.05) is 33.2 Å². The van der Waals surface area contributed by atoms with Crippen molar-refractivity contribution in [1.29, 1.82) is 0 Å². The third-order valence-electron chi connectivity index (χ3n) is 3.16. The Bertz CT molecular complexity index is 547. The van der Waals surface area contributed by atoms with Gasteiger partial charge in [0.2, 0.25) is 0 Å². The van der Waals surface area contributed by atoms with Crippen molar-refractivity contribution in [3.05, 3.63) is 34.2 Å². The van der Waals surface area contributed by atoms with Gasteiger partial charge in [0.15, 0.2) is 5.13 Å². The highest BCUT2D eigenvalue weighted by molar-refractivity contribution is 7.15. The van der Waals surface area contributed by atoms with E-state index < -0.39 is 0 Å². The van der Waals surface area contributed by atoms with Crippen molar-refractivity contribution in [3.63, 3.8) is 0 Å². The predicted octanol–water partition coefficient (Wildman–Crippen LogP) is 3.27. The molecule has 0 amide bonds. The van der Waals surface area contributed by atoms with Gasteiger partial charge >= 0.3 is 0 Å². The SMILES string of the molecule is CNC(C)c1sc(N(C)Cc2ccc(C)o2)nc1C. The minimum atomic E-state index is 0.338. The Morgan fingerprint density at radius 1 is 1.42 bits per heavy atom. The lowest BCUT2D eigenvalue weighted by atomic mass is 10.2. The highest BCUT2D eigenvalue weighted by Crippen LogP contribution is 2.30. The number of hydrogen-bond donors (Lipinski definition) is 1. The van der Waals surface area contributed by atoms with Gasteiger partial charge in [-0.2, -0.15) is 0 Å². The highest BCUT2D eigenvalue weighted by Gasteiger charge is 2.16. The molecule has 1 N–H and O–H groups in total. The van der Waals surface area contributed by atoms with E-state index in [9.17, 15) is 0 Å². The van der Waals surface area contributed by atoms with Gasteiger partial charge in [-0.1, -0.05) is 0 Å². The lowest BCUT2D eigenvalue weighted by Crippen LogP contribution is -2.15. The van der Waals surface area contributed by atoms with E-state index >= 15 is 0 Å². The molecular weight excluding hydrogens is 258 g/mol. The van der Waals surface area contributed by atoms with Gasteiger partial charge in [-0.25, -0.2) is 4.98 Å². The third-order valence-corrected chi connectivity index (χ3v) is 4.62. The quantitative estimate of drug-likeness (QED) is 0.912. The zero-order chi connectivity index (χ0) is 14.0. The monoisotopic (exact) mass is 279 g/mol. The molecule has 19 heavy (non-hydrogen) atoms. The van der Waals surface area contributed by atoms with Crippen LogP contribution in [0.4, 0.5) is 5.13 Å². The van der Waals surface area contributed by atoms with Crippen LogP contribution in [0.5, 0.6) is 0 Å². The largest absolute Gasteiger partial charge is 0.464 e. The first kappa shape index (κ1) is 14.1. The summed E-state index contributed by atoms with van der Waals surface area (Å²) in [5.74, 6) is 1.92. The summed E-state index contributed by atoms with van der Waals surface area (Å²) in [6.07, 6.45) is 0. The minimum absolute atomic E-state index is 0.338. The van der Waals surface area contributed by atoms with Crippen LogP contribution in [0.15, 0.2) is 16.5 Å². The first-order valence-electron chi connectivity index (χ1n) is 6.42. The Morgan fingerprint density at radius 2 is 2.16 bits per heavy atom. The summed E-state index contributed by atoms with van der Waals surface area (Å²) in [6, 6.07) is 4.35. The molecule has 0 radical (unpaired) electrons. The molecule has 0 aliphatic heterocycles. The fourth-order valence-corrected chi connectivity index (χ4v) is 3.05. The van der Waals surface area contributed by atoms with Crippen molar-refractivity contribution in [1.82, 2.24) is 10.3 Å². The summed E-state index contributed by atoms with van der Waals surface area (Å²) in [5, 5.41) is 4.29. The molecule has 1 atom stereocenters. The zero-order valence-electron chi connectivity index (χ0n) is 12.2. The maximum absolute atomic E-state index is 5.60. The Morgan fingerprint density at radius 3 is 2.74 bits per heavy atom. The van der Waals surface area contributed by atoms with Crippen LogP contribution in [0.1, 0.15) is 35.1 Å². The van der Waals surface area contributed by atoms with E-state index in [0.717, 1.165) is 28.9 Å². The topological polar surface area (TPSA) is 41.3 Å². The molecule has 0 aliphatic carbocycles. The standard InChI is InChI=1S/C14H21N3OS/c1-9-6-7-12(18-9)8-17(5)14-16-11(3)13(19-14)10(2)15-4/h6-7,10,15H,8H2,1-5H3. The van der Waals surface area contributed by atoms with Crippen LogP contribution in [-0.4, -0.2) is 19.1 Å². The number of thiazole rings is 1. The number of nitrogens with zero attached hydrogens (tertiary/aromatic N) is 2. The van der Waals surface area contributed by atoms with E-state index in [2.05, 4.69) is 29.0 Å². The number of furan rings is 1. The molecule has 0 aliphatic rings. The van der Waals surface area contributed by atoms with Crippen LogP contribution in [0.3, 0.4) is 0 Å². The molecule has 2 rings (SSSR count). The Labute approximate surface area is 118 Å². The average Bonchev–Trinajstić information content (AvgIpc) is 2.95. The summed E-state index contributed by atoms with van der Waals surface area (Å²) in [5.41, 5.74) is 1.10. The highest BCUT2D eigenvalue weighted by atomic mass is 32.1. The molecule has 0 fully saturated rings. The van der Waals surface area contributed by atoms with Gasteiger partial charge in [0.05, 0.1) is 12.2 Å². The van der Waals surface area contributed by atoms with Crippen LogP contribution in [0.2, 0.25) is 0 Å². The number of aryl methyl sites for hydroxylation is 2. The molecule has 0 saturated carbocycles. The molecule has 1 unspecified atom stereocenters. The summed E-state index contributed by atoms with van der Waals surface area (Å²) in [7, 11) is 4.02. The molecule has 0 spiro atoms. The molecule has 4 nitrogen and oxygen atoms in total. The molecular formula is C14H21N3OS. The number of hydrogen-bond acceptors (Lipinski definition) is 5. The molecule has 5 heteroatoms. The van der Waals surface area contributed by atoms with Crippen LogP contribution in [0.25, 0.3) is 0 Å². The summed E-state index contributed by atoms with van der Waals surface area (Å²) >= 11 is 1.74. The van der Waals surface area contributed by atoms with E-state index in [1.165, 1.54) is 4.88 Å². The summed E-state index contributed by atoms with van der Waals surface area (Å²) in [6.45, 7) is 6.92. The van der Waals surface area contributed by atoms with Gasteiger partial charge in [-0.05, 0) is 40.0 Å². The summed E-state index contributed by atoms with van der Waals surface area (Å²) in [4.78, 5) is 8.06. The third kappa shape index (κ3) is 3.16. The first-order valence-corrected chi connectivity index (χ1v) is 7.24. The average molecular weight is 279 g/mol. The van der Waals surface area contributed by atoms with Crippen molar-refractivity contribution in [2.45, 2.75) is 33.4 Å². The van der Waals surface area contributed by atoms with E-state index in [1.54, 1.807) is 11.3 Å². The molecule has 0 bridgehead atoms. The lowest BCUT2D eigenvalue weighted by Gasteiger charge is -2.13. The van der Waals surface area contributed by atoms with Gasteiger partial charge < -0.3 is 14.6 Å². The van der Waals surface area contributed by atoms with E-state index in [-0.39, 0.29) is 0 Å². The molecule has 0 aromatic carbocycles.